The fourth-order valence-corrected chi connectivity index (χ4v) is 4.72. The number of phenolic OH excluding ortho intramolecular Hbond substituents is 2. The number of imidazole rings is 1. The molecule has 194 valence electrons. The molecule has 37 heavy (non-hydrogen) atoms. The van der Waals surface area contributed by atoms with Gasteiger partial charge in [0.2, 0.25) is 0 Å². The molecular formula is C27H29N3O7. The minimum atomic E-state index is -0.829. The van der Waals surface area contributed by atoms with E-state index in [4.69, 9.17) is 4.74 Å². The Morgan fingerprint density at radius 1 is 0.919 bits per heavy atom. The second kappa shape index (κ2) is 9.88. The third-order valence-electron chi connectivity index (χ3n) is 6.83. The van der Waals surface area contributed by atoms with Crippen LogP contribution in [-0.2, 0) is 36.6 Å². The van der Waals surface area contributed by atoms with Gasteiger partial charge >= 0.3 is 11.7 Å². The summed E-state index contributed by atoms with van der Waals surface area (Å²) in [5.41, 5.74) is 2.49. The van der Waals surface area contributed by atoms with E-state index in [1.165, 1.54) is 39.0 Å². The highest BCUT2D eigenvalue weighted by atomic mass is 16.5. The summed E-state index contributed by atoms with van der Waals surface area (Å²) in [5, 5.41) is 30.2. The number of hydrogen-bond acceptors (Lipinski definition) is 7. The highest BCUT2D eigenvalue weighted by Crippen LogP contribution is 2.34. The summed E-state index contributed by atoms with van der Waals surface area (Å²) in [6.07, 6.45) is 0.180. The van der Waals surface area contributed by atoms with Gasteiger partial charge in [-0.3, -0.25) is 18.7 Å². The SMILES string of the molecule is COC(=O)CC(c1ccc2c(c1)n(C)c(=O)n2C)c1c(O)cc(C)n(CCc2ccc(O)c(O)c2)c1=O. The fraction of sp³-hybridized carbons (Fsp3) is 0.296. The van der Waals surface area contributed by atoms with Gasteiger partial charge < -0.3 is 24.6 Å². The maximum absolute atomic E-state index is 13.7. The predicted octanol–water partition coefficient (Wildman–Crippen LogP) is 2.40. The zero-order valence-electron chi connectivity index (χ0n) is 21.1. The first-order valence-corrected chi connectivity index (χ1v) is 11.7. The molecule has 0 aliphatic carbocycles. The van der Waals surface area contributed by atoms with E-state index >= 15 is 0 Å². The number of aromatic nitrogens is 3. The molecule has 0 saturated carbocycles. The number of phenols is 2. The van der Waals surface area contributed by atoms with Crippen LogP contribution in [-0.4, -0.2) is 42.1 Å². The van der Waals surface area contributed by atoms with Crippen molar-refractivity contribution in [2.24, 2.45) is 14.1 Å². The molecule has 1 atom stereocenters. The van der Waals surface area contributed by atoms with Crippen LogP contribution in [0.4, 0.5) is 0 Å². The van der Waals surface area contributed by atoms with Gasteiger partial charge in [0.1, 0.15) is 5.75 Å². The van der Waals surface area contributed by atoms with Crippen molar-refractivity contribution in [2.75, 3.05) is 7.11 Å². The average Bonchev–Trinajstić information content (AvgIpc) is 3.08. The third kappa shape index (κ3) is 4.69. The number of rotatable bonds is 7. The smallest absolute Gasteiger partial charge is 0.328 e. The molecule has 2 heterocycles. The number of aromatic hydroxyl groups is 3. The molecule has 0 radical (unpaired) electrons. The number of aryl methyl sites for hydroxylation is 4. The number of esters is 1. The lowest BCUT2D eigenvalue weighted by atomic mass is 9.88. The lowest BCUT2D eigenvalue weighted by Crippen LogP contribution is -2.29. The Bertz CT molecular complexity index is 1630. The normalized spacial score (nSPS) is 12.1. The van der Waals surface area contributed by atoms with E-state index in [0.29, 0.717) is 34.3 Å². The second-order valence-corrected chi connectivity index (χ2v) is 9.10. The van der Waals surface area contributed by atoms with E-state index in [1.54, 1.807) is 45.3 Å². The maximum atomic E-state index is 13.7. The third-order valence-corrected chi connectivity index (χ3v) is 6.83. The van der Waals surface area contributed by atoms with E-state index in [9.17, 15) is 29.7 Å². The van der Waals surface area contributed by atoms with Gasteiger partial charge in [0.25, 0.3) is 5.56 Å². The van der Waals surface area contributed by atoms with Crippen LogP contribution in [0.3, 0.4) is 0 Å². The lowest BCUT2D eigenvalue weighted by Gasteiger charge is -2.21. The number of hydrogen-bond donors (Lipinski definition) is 3. The first-order chi connectivity index (χ1) is 17.5. The summed E-state index contributed by atoms with van der Waals surface area (Å²) in [6, 6.07) is 11.2. The average molecular weight is 508 g/mol. The van der Waals surface area contributed by atoms with Gasteiger partial charge in [-0.15, -0.1) is 0 Å². The van der Waals surface area contributed by atoms with E-state index in [1.807, 2.05) is 0 Å². The van der Waals surface area contributed by atoms with Crippen molar-refractivity contribution in [3.63, 3.8) is 0 Å². The van der Waals surface area contributed by atoms with Crippen molar-refractivity contribution in [3.05, 3.63) is 85.7 Å². The summed E-state index contributed by atoms with van der Waals surface area (Å²) in [4.78, 5) is 38.5. The monoisotopic (exact) mass is 507 g/mol. The van der Waals surface area contributed by atoms with Gasteiger partial charge in [-0.05, 0) is 54.8 Å². The Kier molecular flexibility index (Phi) is 6.84. The van der Waals surface area contributed by atoms with Crippen molar-refractivity contribution in [1.82, 2.24) is 13.7 Å². The van der Waals surface area contributed by atoms with Gasteiger partial charge in [-0.25, -0.2) is 4.79 Å². The molecule has 0 spiro atoms. The van der Waals surface area contributed by atoms with Gasteiger partial charge in [0.05, 0.1) is 30.1 Å². The Labute approximate surface area is 212 Å². The minimum absolute atomic E-state index is 0.0461. The lowest BCUT2D eigenvalue weighted by molar-refractivity contribution is -0.140. The van der Waals surface area contributed by atoms with Crippen LogP contribution in [0.1, 0.15) is 34.7 Å². The molecule has 0 bridgehead atoms. The van der Waals surface area contributed by atoms with E-state index in [0.717, 1.165) is 0 Å². The number of pyridine rings is 1. The molecule has 0 saturated heterocycles. The molecule has 0 aliphatic heterocycles. The van der Waals surface area contributed by atoms with Crippen LogP contribution in [0.5, 0.6) is 17.2 Å². The molecule has 1 unspecified atom stereocenters. The topological polar surface area (TPSA) is 136 Å². The number of benzene rings is 2. The fourth-order valence-electron chi connectivity index (χ4n) is 4.72. The van der Waals surface area contributed by atoms with Crippen LogP contribution in [0, 0.1) is 6.92 Å². The van der Waals surface area contributed by atoms with Crippen LogP contribution < -0.4 is 11.2 Å². The van der Waals surface area contributed by atoms with E-state index < -0.39 is 17.4 Å². The van der Waals surface area contributed by atoms with Crippen LogP contribution in [0.25, 0.3) is 11.0 Å². The summed E-state index contributed by atoms with van der Waals surface area (Å²) >= 11 is 0. The summed E-state index contributed by atoms with van der Waals surface area (Å²) in [7, 11) is 4.56. The van der Waals surface area contributed by atoms with Crippen molar-refractivity contribution < 1.29 is 24.9 Å². The molecule has 2 aromatic carbocycles. The molecule has 4 rings (SSSR count). The number of carbonyl (C=O) groups excluding carboxylic acids is 1. The van der Waals surface area contributed by atoms with Crippen molar-refractivity contribution in [2.45, 2.75) is 32.2 Å². The van der Waals surface area contributed by atoms with E-state index in [2.05, 4.69) is 0 Å². The Morgan fingerprint density at radius 2 is 1.62 bits per heavy atom. The van der Waals surface area contributed by atoms with Crippen molar-refractivity contribution in [1.29, 1.82) is 0 Å². The molecule has 0 aliphatic rings. The first kappa shape index (κ1) is 25.6. The molecular weight excluding hydrogens is 478 g/mol. The predicted molar refractivity (Wildman–Crippen MR) is 137 cm³/mol. The maximum Gasteiger partial charge on any atom is 0.328 e. The van der Waals surface area contributed by atoms with Gasteiger partial charge in [-0.1, -0.05) is 12.1 Å². The van der Waals surface area contributed by atoms with Gasteiger partial charge in [0, 0.05) is 32.3 Å². The zero-order chi connectivity index (χ0) is 27.0. The standard InChI is InChI=1S/C27H29N3O7/c1-15-11-23(33)25(26(35)30(15)10-9-16-5-8-21(31)22(32)12-16)18(14-24(34)37-4)17-6-7-19-20(13-17)29(3)27(36)28(19)2/h5-8,11-13,18,31-33H,9-10,14H2,1-4H3. The largest absolute Gasteiger partial charge is 0.507 e. The van der Waals surface area contributed by atoms with Crippen LogP contribution in [0.15, 0.2) is 52.1 Å². The minimum Gasteiger partial charge on any atom is -0.507 e. The Balaban J connectivity index is 1.82. The molecule has 3 N–H and O–H groups in total. The number of fused-ring (bicyclic) bond motifs is 1. The summed E-state index contributed by atoms with van der Waals surface area (Å²) in [5.74, 6) is -2.11. The van der Waals surface area contributed by atoms with Crippen molar-refractivity contribution in [3.8, 4) is 17.2 Å². The zero-order valence-corrected chi connectivity index (χ0v) is 21.1. The number of methoxy groups -OCH3 is 1. The first-order valence-electron chi connectivity index (χ1n) is 11.7. The molecule has 2 aromatic heterocycles. The molecule has 10 nitrogen and oxygen atoms in total. The molecule has 4 aromatic rings. The number of carbonyl (C=O) groups is 1. The van der Waals surface area contributed by atoms with Crippen LogP contribution >= 0.6 is 0 Å². The molecule has 0 fully saturated rings. The Morgan fingerprint density at radius 3 is 2.30 bits per heavy atom. The summed E-state index contributed by atoms with van der Waals surface area (Å²) in [6.45, 7) is 1.93. The molecule has 10 heteroatoms. The number of ether oxygens (including phenoxy) is 1. The quantitative estimate of drug-likeness (QED) is 0.258. The van der Waals surface area contributed by atoms with Crippen molar-refractivity contribution >= 4 is 17.0 Å². The highest BCUT2D eigenvalue weighted by molar-refractivity contribution is 5.78. The highest BCUT2D eigenvalue weighted by Gasteiger charge is 2.27. The van der Waals surface area contributed by atoms with Crippen LogP contribution in [0.2, 0.25) is 0 Å². The van der Waals surface area contributed by atoms with E-state index in [-0.39, 0.29) is 41.5 Å². The van der Waals surface area contributed by atoms with Gasteiger partial charge in [-0.2, -0.15) is 0 Å². The second-order valence-electron chi connectivity index (χ2n) is 9.10. The number of nitrogens with zero attached hydrogens (tertiary/aromatic N) is 3. The van der Waals surface area contributed by atoms with Gasteiger partial charge in [0.15, 0.2) is 11.5 Å². The summed E-state index contributed by atoms with van der Waals surface area (Å²) < 4.78 is 9.37. The molecule has 0 amide bonds. The Hall–Kier alpha value is -4.47.